The van der Waals surface area contributed by atoms with Crippen LogP contribution >= 0.6 is 0 Å². The smallest absolute Gasteiger partial charge is 0.323 e. The minimum Gasteiger partial charge on any atom is -0.480 e. The Morgan fingerprint density at radius 1 is 1.00 bits per heavy atom. The Morgan fingerprint density at radius 3 is 2.24 bits per heavy atom. The predicted octanol–water partition coefficient (Wildman–Crippen LogP) is 4.36. The molecule has 0 heterocycles. The Hall–Kier alpha value is -0.570. The van der Waals surface area contributed by atoms with Crippen molar-refractivity contribution in [2.45, 2.75) is 96.6 Å². The molecule has 21 heavy (non-hydrogen) atoms. The molecule has 2 fully saturated rings. The van der Waals surface area contributed by atoms with Crippen LogP contribution in [0.15, 0.2) is 0 Å². The van der Waals surface area contributed by atoms with Crippen molar-refractivity contribution >= 4 is 5.97 Å². The van der Waals surface area contributed by atoms with Gasteiger partial charge in [0.2, 0.25) is 0 Å². The first-order valence-electron chi connectivity index (χ1n) is 8.85. The lowest BCUT2D eigenvalue weighted by molar-refractivity contribution is -0.146. The second-order valence-electron chi connectivity index (χ2n) is 8.36. The molecule has 0 amide bonds. The molecule has 2 aliphatic carbocycles. The predicted molar refractivity (Wildman–Crippen MR) is 86.4 cm³/mol. The molecule has 3 nitrogen and oxygen atoms in total. The van der Waals surface area contributed by atoms with Gasteiger partial charge in [0, 0.05) is 6.04 Å². The van der Waals surface area contributed by atoms with Crippen LogP contribution in [0.1, 0.15) is 85.0 Å². The Morgan fingerprint density at radius 2 is 1.67 bits per heavy atom. The van der Waals surface area contributed by atoms with Crippen molar-refractivity contribution in [2.75, 3.05) is 0 Å². The third kappa shape index (κ3) is 4.21. The molecule has 2 saturated carbocycles. The average molecular weight is 295 g/mol. The summed E-state index contributed by atoms with van der Waals surface area (Å²) in [4.78, 5) is 12.0. The summed E-state index contributed by atoms with van der Waals surface area (Å²) in [5, 5.41) is 13.5. The van der Waals surface area contributed by atoms with Crippen LogP contribution in [-0.2, 0) is 4.79 Å². The molecule has 2 N–H and O–H groups in total. The molecule has 122 valence electrons. The Kier molecular flexibility index (Phi) is 5.34. The summed E-state index contributed by atoms with van der Waals surface area (Å²) in [6.45, 7) is 6.87. The molecule has 0 aromatic carbocycles. The van der Waals surface area contributed by atoms with E-state index < -0.39 is 11.5 Å². The number of nitrogens with one attached hydrogen (secondary N) is 1. The Labute approximate surface area is 129 Å². The minimum atomic E-state index is -0.665. The molecule has 2 rings (SSSR count). The average Bonchev–Trinajstić information content (AvgIpc) is 2.63. The number of hydrogen-bond donors (Lipinski definition) is 2. The summed E-state index contributed by atoms with van der Waals surface area (Å²) in [6, 6.07) is 0.418. The van der Waals surface area contributed by atoms with Gasteiger partial charge in [0.05, 0.1) is 0 Å². The lowest BCUT2D eigenvalue weighted by Gasteiger charge is -2.36. The van der Waals surface area contributed by atoms with Gasteiger partial charge in [-0.1, -0.05) is 46.5 Å². The summed E-state index contributed by atoms with van der Waals surface area (Å²) in [7, 11) is 0. The van der Waals surface area contributed by atoms with E-state index in [1.54, 1.807) is 0 Å². The lowest BCUT2D eigenvalue weighted by Crippen LogP contribution is -2.56. The van der Waals surface area contributed by atoms with Crippen molar-refractivity contribution in [1.82, 2.24) is 5.32 Å². The van der Waals surface area contributed by atoms with Crippen LogP contribution < -0.4 is 5.32 Å². The summed E-state index contributed by atoms with van der Waals surface area (Å²) >= 11 is 0. The van der Waals surface area contributed by atoms with Gasteiger partial charge in [-0.3, -0.25) is 10.1 Å². The van der Waals surface area contributed by atoms with Gasteiger partial charge in [-0.2, -0.15) is 0 Å². The van der Waals surface area contributed by atoms with Crippen molar-refractivity contribution in [1.29, 1.82) is 0 Å². The highest BCUT2D eigenvalue weighted by Crippen LogP contribution is 2.40. The fraction of sp³-hybridized carbons (Fsp3) is 0.944. The van der Waals surface area contributed by atoms with E-state index in [-0.39, 0.29) is 0 Å². The monoisotopic (exact) mass is 295 g/mol. The van der Waals surface area contributed by atoms with Crippen molar-refractivity contribution < 1.29 is 9.90 Å². The van der Waals surface area contributed by atoms with E-state index in [0.29, 0.717) is 17.4 Å². The normalized spacial score (nSPS) is 32.6. The maximum Gasteiger partial charge on any atom is 0.323 e. The largest absolute Gasteiger partial charge is 0.480 e. The first-order chi connectivity index (χ1) is 9.83. The fourth-order valence-electron chi connectivity index (χ4n) is 4.26. The summed E-state index contributed by atoms with van der Waals surface area (Å²) in [5.41, 5.74) is -0.374. The molecular weight excluding hydrogens is 262 g/mol. The molecule has 0 radical (unpaired) electrons. The molecule has 2 atom stereocenters. The van der Waals surface area contributed by atoms with Crippen molar-refractivity contribution in [3.8, 4) is 0 Å². The third-order valence-corrected chi connectivity index (χ3v) is 5.80. The molecule has 2 aliphatic rings. The fourth-order valence-corrected chi connectivity index (χ4v) is 4.26. The maximum atomic E-state index is 12.0. The molecule has 0 saturated heterocycles. The minimum absolute atomic E-state index is 0.291. The third-order valence-electron chi connectivity index (χ3n) is 5.80. The quantitative estimate of drug-likeness (QED) is 0.761. The molecule has 0 bridgehead atoms. The van der Waals surface area contributed by atoms with Crippen LogP contribution in [0, 0.1) is 11.3 Å². The molecule has 3 heteroatoms. The number of rotatable bonds is 3. The second kappa shape index (κ2) is 6.68. The van der Waals surface area contributed by atoms with Crippen LogP contribution in [0.3, 0.4) is 0 Å². The van der Waals surface area contributed by atoms with E-state index >= 15 is 0 Å². The molecule has 0 aromatic heterocycles. The Bertz CT molecular complexity index is 355. The van der Waals surface area contributed by atoms with Crippen molar-refractivity contribution in [3.63, 3.8) is 0 Å². The molecule has 2 unspecified atom stereocenters. The van der Waals surface area contributed by atoms with Gasteiger partial charge in [0.1, 0.15) is 5.54 Å². The SMILES string of the molecule is CC(C)(C)C1CCCC(NC2CCCCC2)(C(=O)O)CC1. The zero-order valence-electron chi connectivity index (χ0n) is 14.1. The van der Waals surface area contributed by atoms with Crippen LogP contribution in [0.2, 0.25) is 0 Å². The summed E-state index contributed by atoms with van der Waals surface area (Å²) in [6.07, 6.45) is 10.9. The second-order valence-corrected chi connectivity index (χ2v) is 8.36. The first-order valence-corrected chi connectivity index (χ1v) is 8.85. The van der Waals surface area contributed by atoms with Gasteiger partial charge in [0.25, 0.3) is 0 Å². The van der Waals surface area contributed by atoms with Gasteiger partial charge >= 0.3 is 5.97 Å². The van der Waals surface area contributed by atoms with E-state index in [9.17, 15) is 9.90 Å². The number of hydrogen-bond acceptors (Lipinski definition) is 2. The standard InChI is InChI=1S/C18H33NO2/c1-17(2,3)14-8-7-12-18(13-11-14,16(20)21)19-15-9-5-4-6-10-15/h14-15,19H,4-13H2,1-3H3,(H,20,21). The maximum absolute atomic E-state index is 12.0. The first kappa shape index (κ1) is 16.8. The van der Waals surface area contributed by atoms with Crippen LogP contribution in [0.4, 0.5) is 0 Å². The molecular formula is C18H33NO2. The van der Waals surface area contributed by atoms with E-state index in [2.05, 4.69) is 26.1 Å². The van der Waals surface area contributed by atoms with E-state index in [1.807, 2.05) is 0 Å². The van der Waals surface area contributed by atoms with Crippen LogP contribution in [-0.4, -0.2) is 22.7 Å². The molecule has 0 aromatic rings. The summed E-state index contributed by atoms with van der Waals surface area (Å²) in [5.74, 6) is 0.0227. The molecule has 0 spiro atoms. The number of carboxylic acid groups (broad SMARTS) is 1. The highest BCUT2D eigenvalue weighted by atomic mass is 16.4. The number of aliphatic carboxylic acids is 1. The highest BCUT2D eigenvalue weighted by Gasteiger charge is 2.43. The van der Waals surface area contributed by atoms with Crippen LogP contribution in [0.5, 0.6) is 0 Å². The van der Waals surface area contributed by atoms with Gasteiger partial charge in [-0.25, -0.2) is 0 Å². The number of carboxylic acids is 1. The number of carbonyl (C=O) groups is 1. The zero-order valence-corrected chi connectivity index (χ0v) is 14.1. The Balaban J connectivity index is 2.05. The zero-order chi connectivity index (χ0) is 15.5. The molecule has 0 aliphatic heterocycles. The van der Waals surface area contributed by atoms with Crippen molar-refractivity contribution in [2.24, 2.45) is 11.3 Å². The highest BCUT2D eigenvalue weighted by molar-refractivity contribution is 5.78. The summed E-state index contributed by atoms with van der Waals surface area (Å²) < 4.78 is 0. The van der Waals surface area contributed by atoms with Gasteiger partial charge in [-0.15, -0.1) is 0 Å². The van der Waals surface area contributed by atoms with Crippen LogP contribution in [0.25, 0.3) is 0 Å². The van der Waals surface area contributed by atoms with Gasteiger partial charge in [0.15, 0.2) is 0 Å². The van der Waals surface area contributed by atoms with Crippen molar-refractivity contribution in [3.05, 3.63) is 0 Å². The van der Waals surface area contributed by atoms with E-state index in [1.165, 1.54) is 25.7 Å². The van der Waals surface area contributed by atoms with Gasteiger partial charge < -0.3 is 5.11 Å². The topological polar surface area (TPSA) is 49.3 Å². The van der Waals surface area contributed by atoms with Gasteiger partial charge in [-0.05, 0) is 49.9 Å². The van der Waals surface area contributed by atoms with E-state index in [4.69, 9.17) is 0 Å². The lowest BCUT2D eigenvalue weighted by atomic mass is 9.76. The van der Waals surface area contributed by atoms with E-state index in [0.717, 1.165) is 38.5 Å².